The first-order valence-electron chi connectivity index (χ1n) is 6.15. The molecule has 0 aliphatic carbocycles. The van der Waals surface area contributed by atoms with Gasteiger partial charge in [-0.3, -0.25) is 4.79 Å². The average molecular weight is 390 g/mol. The Bertz CT molecular complexity index is 691. The van der Waals surface area contributed by atoms with E-state index in [0.29, 0.717) is 11.3 Å². The molecule has 1 atom stereocenters. The molecule has 1 amide bonds. The standard InChI is InChI=1S/C14H10BrF2NOS2/c15-12-4-3-11(21-12)14-18(13(19)7-20-14)6-8-1-2-9(16)10(17)5-8/h1-5,14H,6-7H2. The molecule has 7 heteroatoms. The lowest BCUT2D eigenvalue weighted by atomic mass is 10.2. The summed E-state index contributed by atoms with van der Waals surface area (Å²) < 4.78 is 27.3. The molecule has 1 aromatic heterocycles. The fourth-order valence-electron chi connectivity index (χ4n) is 2.16. The molecular formula is C14H10BrF2NOS2. The molecule has 0 radical (unpaired) electrons. The van der Waals surface area contributed by atoms with Gasteiger partial charge in [0.05, 0.1) is 9.54 Å². The lowest BCUT2D eigenvalue weighted by molar-refractivity contribution is -0.128. The number of thiophene rings is 1. The molecule has 0 saturated carbocycles. The zero-order valence-corrected chi connectivity index (χ0v) is 13.9. The van der Waals surface area contributed by atoms with Crippen LogP contribution in [0.3, 0.4) is 0 Å². The number of halogens is 3. The molecular weight excluding hydrogens is 380 g/mol. The third-order valence-electron chi connectivity index (χ3n) is 3.14. The summed E-state index contributed by atoms with van der Waals surface area (Å²) in [7, 11) is 0. The first kappa shape index (κ1) is 15.0. The van der Waals surface area contributed by atoms with E-state index in [4.69, 9.17) is 0 Å². The summed E-state index contributed by atoms with van der Waals surface area (Å²) in [5.41, 5.74) is 0.588. The predicted molar refractivity (Wildman–Crippen MR) is 84.1 cm³/mol. The van der Waals surface area contributed by atoms with E-state index in [2.05, 4.69) is 15.9 Å². The van der Waals surface area contributed by atoms with E-state index in [1.165, 1.54) is 6.07 Å². The highest BCUT2D eigenvalue weighted by Crippen LogP contribution is 2.43. The minimum atomic E-state index is -0.887. The average Bonchev–Trinajstić information content (AvgIpc) is 3.02. The summed E-state index contributed by atoms with van der Waals surface area (Å²) in [6.07, 6.45) is 0. The number of nitrogens with zero attached hydrogens (tertiary/aromatic N) is 1. The third kappa shape index (κ3) is 3.14. The molecule has 3 rings (SSSR count). The van der Waals surface area contributed by atoms with Crippen LogP contribution in [0.2, 0.25) is 0 Å². The van der Waals surface area contributed by atoms with Gasteiger partial charge in [-0.1, -0.05) is 6.07 Å². The zero-order chi connectivity index (χ0) is 15.0. The molecule has 1 saturated heterocycles. The van der Waals surface area contributed by atoms with Gasteiger partial charge in [0.25, 0.3) is 0 Å². The van der Waals surface area contributed by atoms with Gasteiger partial charge in [-0.25, -0.2) is 8.78 Å². The smallest absolute Gasteiger partial charge is 0.234 e. The largest absolute Gasteiger partial charge is 0.321 e. The highest BCUT2D eigenvalue weighted by atomic mass is 79.9. The Morgan fingerprint density at radius 2 is 2.05 bits per heavy atom. The van der Waals surface area contributed by atoms with Crippen molar-refractivity contribution < 1.29 is 13.6 Å². The maximum absolute atomic E-state index is 13.3. The quantitative estimate of drug-likeness (QED) is 0.766. The van der Waals surface area contributed by atoms with E-state index in [1.807, 2.05) is 12.1 Å². The van der Waals surface area contributed by atoms with Crippen molar-refractivity contribution in [2.45, 2.75) is 11.9 Å². The van der Waals surface area contributed by atoms with Crippen LogP contribution in [0.15, 0.2) is 34.1 Å². The van der Waals surface area contributed by atoms with Gasteiger partial charge in [0, 0.05) is 11.4 Å². The lowest BCUT2D eigenvalue weighted by Crippen LogP contribution is -2.27. The van der Waals surface area contributed by atoms with Crippen molar-refractivity contribution in [3.8, 4) is 0 Å². The minimum Gasteiger partial charge on any atom is -0.321 e. The summed E-state index contributed by atoms with van der Waals surface area (Å²) in [5.74, 6) is -1.34. The van der Waals surface area contributed by atoms with Crippen molar-refractivity contribution in [2.24, 2.45) is 0 Å². The fraction of sp³-hybridized carbons (Fsp3) is 0.214. The molecule has 110 valence electrons. The van der Waals surface area contributed by atoms with Gasteiger partial charge < -0.3 is 4.90 Å². The number of carbonyl (C=O) groups excluding carboxylic acids is 1. The Morgan fingerprint density at radius 1 is 1.24 bits per heavy atom. The van der Waals surface area contributed by atoms with Crippen molar-refractivity contribution >= 4 is 44.9 Å². The van der Waals surface area contributed by atoms with Gasteiger partial charge in [0.15, 0.2) is 11.6 Å². The van der Waals surface area contributed by atoms with Crippen LogP contribution in [0.1, 0.15) is 15.8 Å². The highest BCUT2D eigenvalue weighted by molar-refractivity contribution is 9.11. The van der Waals surface area contributed by atoms with Crippen molar-refractivity contribution in [3.05, 3.63) is 56.2 Å². The Kier molecular flexibility index (Phi) is 4.33. The Morgan fingerprint density at radius 3 is 2.71 bits per heavy atom. The molecule has 2 nitrogen and oxygen atoms in total. The van der Waals surface area contributed by atoms with Crippen LogP contribution in [0.5, 0.6) is 0 Å². The second kappa shape index (κ2) is 6.06. The molecule has 0 bridgehead atoms. The summed E-state index contributed by atoms with van der Waals surface area (Å²) in [6.45, 7) is 0.281. The molecule has 0 N–H and O–H groups in total. The zero-order valence-electron chi connectivity index (χ0n) is 10.7. The van der Waals surface area contributed by atoms with Crippen molar-refractivity contribution in [2.75, 3.05) is 5.75 Å². The normalized spacial score (nSPS) is 18.5. The molecule has 21 heavy (non-hydrogen) atoms. The number of carbonyl (C=O) groups is 1. The van der Waals surface area contributed by atoms with Crippen LogP contribution in [-0.2, 0) is 11.3 Å². The second-order valence-electron chi connectivity index (χ2n) is 4.58. The number of amides is 1. The summed E-state index contributed by atoms with van der Waals surface area (Å²) in [4.78, 5) is 14.8. The SMILES string of the molecule is O=C1CSC(c2ccc(Br)s2)N1Cc1ccc(F)c(F)c1. The molecule has 1 fully saturated rings. The molecule has 2 heterocycles. The van der Waals surface area contributed by atoms with Crippen LogP contribution >= 0.6 is 39.0 Å². The van der Waals surface area contributed by atoms with Crippen molar-refractivity contribution in [3.63, 3.8) is 0 Å². The van der Waals surface area contributed by atoms with E-state index in [-0.39, 0.29) is 17.8 Å². The second-order valence-corrected chi connectivity index (χ2v) is 8.14. The van der Waals surface area contributed by atoms with Gasteiger partial charge >= 0.3 is 0 Å². The number of hydrogen-bond acceptors (Lipinski definition) is 3. The van der Waals surface area contributed by atoms with E-state index in [1.54, 1.807) is 28.0 Å². The molecule has 1 unspecified atom stereocenters. The number of benzene rings is 1. The highest BCUT2D eigenvalue weighted by Gasteiger charge is 2.33. The number of hydrogen-bond donors (Lipinski definition) is 0. The lowest BCUT2D eigenvalue weighted by Gasteiger charge is -2.23. The molecule has 2 aromatic rings. The van der Waals surface area contributed by atoms with Crippen LogP contribution in [-0.4, -0.2) is 16.6 Å². The number of thioether (sulfide) groups is 1. The summed E-state index contributed by atoms with van der Waals surface area (Å²) >= 11 is 6.54. The molecule has 0 spiro atoms. The minimum absolute atomic E-state index is 0.0132. The van der Waals surface area contributed by atoms with E-state index in [0.717, 1.165) is 20.8 Å². The van der Waals surface area contributed by atoms with Gasteiger partial charge in [0.2, 0.25) is 5.91 Å². The van der Waals surface area contributed by atoms with Gasteiger partial charge in [0.1, 0.15) is 5.37 Å². The first-order valence-corrected chi connectivity index (χ1v) is 8.80. The Labute approximate surface area is 137 Å². The summed E-state index contributed by atoms with van der Waals surface area (Å²) in [6, 6.07) is 7.67. The van der Waals surface area contributed by atoms with Crippen molar-refractivity contribution in [1.29, 1.82) is 0 Å². The maximum atomic E-state index is 13.3. The van der Waals surface area contributed by atoms with Crippen LogP contribution in [0, 0.1) is 11.6 Å². The van der Waals surface area contributed by atoms with Crippen molar-refractivity contribution in [1.82, 2.24) is 4.90 Å². The van der Waals surface area contributed by atoms with Crippen LogP contribution < -0.4 is 0 Å². The molecule has 1 aliphatic heterocycles. The van der Waals surface area contributed by atoms with Crippen LogP contribution in [0.25, 0.3) is 0 Å². The fourth-order valence-corrected chi connectivity index (χ4v) is 5.00. The maximum Gasteiger partial charge on any atom is 0.234 e. The van der Waals surface area contributed by atoms with E-state index >= 15 is 0 Å². The van der Waals surface area contributed by atoms with Crippen LogP contribution in [0.4, 0.5) is 8.78 Å². The topological polar surface area (TPSA) is 20.3 Å². The predicted octanol–water partition coefficient (Wildman–Crippen LogP) is 4.56. The van der Waals surface area contributed by atoms with Gasteiger partial charge in [-0.05, 0) is 45.8 Å². The first-order chi connectivity index (χ1) is 10.0. The number of rotatable bonds is 3. The summed E-state index contributed by atoms with van der Waals surface area (Å²) in [5, 5.41) is -0.0677. The molecule has 1 aromatic carbocycles. The molecule has 1 aliphatic rings. The third-order valence-corrected chi connectivity index (χ3v) is 6.21. The van der Waals surface area contributed by atoms with E-state index in [9.17, 15) is 13.6 Å². The van der Waals surface area contributed by atoms with Gasteiger partial charge in [-0.15, -0.1) is 23.1 Å². The Balaban J connectivity index is 1.84. The Hall–Kier alpha value is -0.920. The van der Waals surface area contributed by atoms with E-state index < -0.39 is 11.6 Å². The monoisotopic (exact) mass is 389 g/mol. The van der Waals surface area contributed by atoms with Gasteiger partial charge in [-0.2, -0.15) is 0 Å².